The standard InChI is InChI=1S/C13H10Br2O2S/c14-8-5-6-18-13(8)12(15)11-7-16-9-3-1-2-4-10(9)17-11/h1-6,11-12H,7H2. The van der Waals surface area contributed by atoms with E-state index in [-0.39, 0.29) is 10.9 Å². The first-order valence-corrected chi connectivity index (χ1v) is 8.10. The number of thiophene rings is 1. The fourth-order valence-corrected chi connectivity index (χ4v) is 4.64. The van der Waals surface area contributed by atoms with Crippen molar-refractivity contribution >= 4 is 43.2 Å². The van der Waals surface area contributed by atoms with Crippen LogP contribution in [0.4, 0.5) is 0 Å². The van der Waals surface area contributed by atoms with Gasteiger partial charge in [0.25, 0.3) is 0 Å². The summed E-state index contributed by atoms with van der Waals surface area (Å²) in [6.07, 6.45) is -0.0187. The second-order valence-electron chi connectivity index (χ2n) is 3.95. The van der Waals surface area contributed by atoms with E-state index in [1.165, 1.54) is 4.88 Å². The van der Waals surface area contributed by atoms with Gasteiger partial charge in [0.1, 0.15) is 6.61 Å². The number of hydrogen-bond acceptors (Lipinski definition) is 3. The molecule has 1 aliphatic rings. The van der Waals surface area contributed by atoms with Crippen molar-refractivity contribution in [2.45, 2.75) is 10.9 Å². The first-order chi connectivity index (χ1) is 8.75. The monoisotopic (exact) mass is 388 g/mol. The third-order valence-corrected chi connectivity index (χ3v) is 6.06. The summed E-state index contributed by atoms with van der Waals surface area (Å²) in [5, 5.41) is 2.06. The Morgan fingerprint density at radius 1 is 1.22 bits per heavy atom. The van der Waals surface area contributed by atoms with Gasteiger partial charge in [0.2, 0.25) is 0 Å². The van der Waals surface area contributed by atoms with Crippen molar-refractivity contribution in [1.82, 2.24) is 0 Å². The fraction of sp³-hybridized carbons (Fsp3) is 0.231. The average Bonchev–Trinajstić information content (AvgIpc) is 2.83. The second-order valence-corrected chi connectivity index (χ2v) is 6.74. The number of rotatable bonds is 2. The Labute approximate surface area is 126 Å². The molecule has 0 radical (unpaired) electrons. The Kier molecular flexibility index (Phi) is 3.63. The van der Waals surface area contributed by atoms with Crippen LogP contribution in [0.15, 0.2) is 40.2 Å². The molecule has 2 aromatic rings. The van der Waals surface area contributed by atoms with Gasteiger partial charge in [0.05, 0.1) is 4.83 Å². The topological polar surface area (TPSA) is 18.5 Å². The normalized spacial score (nSPS) is 19.6. The van der Waals surface area contributed by atoms with Gasteiger partial charge in [0.15, 0.2) is 17.6 Å². The molecular formula is C13H10Br2O2S. The van der Waals surface area contributed by atoms with Crippen LogP contribution in [0.2, 0.25) is 0 Å². The zero-order valence-corrected chi connectivity index (χ0v) is 13.3. The van der Waals surface area contributed by atoms with Crippen molar-refractivity contribution in [3.05, 3.63) is 45.1 Å². The average molecular weight is 390 g/mol. The zero-order chi connectivity index (χ0) is 12.5. The van der Waals surface area contributed by atoms with E-state index in [2.05, 4.69) is 37.2 Å². The number of para-hydroxylation sites is 2. The number of ether oxygens (including phenoxy) is 2. The van der Waals surface area contributed by atoms with Crippen LogP contribution >= 0.6 is 43.2 Å². The molecule has 1 aliphatic heterocycles. The van der Waals surface area contributed by atoms with Gasteiger partial charge in [0, 0.05) is 9.35 Å². The molecule has 0 N–H and O–H groups in total. The number of alkyl halides is 1. The summed E-state index contributed by atoms with van der Waals surface area (Å²) in [4.78, 5) is 1.35. The van der Waals surface area contributed by atoms with E-state index < -0.39 is 0 Å². The van der Waals surface area contributed by atoms with Crippen molar-refractivity contribution in [3.63, 3.8) is 0 Å². The maximum absolute atomic E-state index is 5.99. The van der Waals surface area contributed by atoms with Gasteiger partial charge >= 0.3 is 0 Å². The Morgan fingerprint density at radius 3 is 2.72 bits per heavy atom. The third-order valence-electron chi connectivity index (χ3n) is 2.75. The molecule has 1 aromatic heterocycles. The molecule has 0 amide bonds. The van der Waals surface area contributed by atoms with Crippen molar-refractivity contribution in [2.24, 2.45) is 0 Å². The second kappa shape index (κ2) is 5.23. The summed E-state index contributed by atoms with van der Waals surface area (Å²) in [7, 11) is 0. The van der Waals surface area contributed by atoms with Crippen LogP contribution in [0.3, 0.4) is 0 Å². The van der Waals surface area contributed by atoms with E-state index in [1.54, 1.807) is 11.3 Å². The summed E-state index contributed by atoms with van der Waals surface area (Å²) in [5.41, 5.74) is 0. The predicted molar refractivity (Wildman–Crippen MR) is 80.0 cm³/mol. The number of hydrogen-bond donors (Lipinski definition) is 0. The molecule has 2 nitrogen and oxygen atoms in total. The van der Waals surface area contributed by atoms with Crippen LogP contribution in [0, 0.1) is 0 Å². The molecule has 2 heterocycles. The highest BCUT2D eigenvalue weighted by molar-refractivity contribution is 9.11. The van der Waals surface area contributed by atoms with E-state index in [4.69, 9.17) is 9.47 Å². The Hall–Kier alpha value is -0.520. The molecule has 0 saturated heterocycles. The van der Waals surface area contributed by atoms with Crippen LogP contribution in [-0.4, -0.2) is 12.7 Å². The molecular weight excluding hydrogens is 380 g/mol. The van der Waals surface area contributed by atoms with E-state index in [9.17, 15) is 0 Å². The summed E-state index contributed by atoms with van der Waals surface area (Å²) >= 11 is 8.96. The van der Waals surface area contributed by atoms with E-state index in [0.717, 1.165) is 16.0 Å². The number of fused-ring (bicyclic) bond motifs is 1. The minimum atomic E-state index is -0.0187. The van der Waals surface area contributed by atoms with Crippen LogP contribution < -0.4 is 9.47 Å². The zero-order valence-electron chi connectivity index (χ0n) is 9.31. The van der Waals surface area contributed by atoms with E-state index in [1.807, 2.05) is 30.3 Å². The van der Waals surface area contributed by atoms with Crippen molar-refractivity contribution in [1.29, 1.82) is 0 Å². The van der Waals surface area contributed by atoms with Crippen LogP contribution in [-0.2, 0) is 0 Å². The molecule has 0 saturated carbocycles. The summed E-state index contributed by atoms with van der Waals surface area (Å²) in [6, 6.07) is 9.81. The van der Waals surface area contributed by atoms with Crippen LogP contribution in [0.25, 0.3) is 0 Å². The SMILES string of the molecule is Brc1ccsc1C(Br)C1COc2ccccc2O1. The van der Waals surface area contributed by atoms with Gasteiger partial charge in [-0.1, -0.05) is 28.1 Å². The summed E-state index contributed by atoms with van der Waals surface area (Å²) in [5.74, 6) is 1.63. The molecule has 94 valence electrons. The molecule has 5 heteroatoms. The summed E-state index contributed by atoms with van der Waals surface area (Å²) in [6.45, 7) is 0.553. The molecule has 0 spiro atoms. The molecule has 1 aromatic carbocycles. The van der Waals surface area contributed by atoms with Gasteiger partial charge < -0.3 is 9.47 Å². The Balaban J connectivity index is 1.82. The highest BCUT2D eigenvalue weighted by Gasteiger charge is 2.30. The minimum absolute atomic E-state index is 0.0187. The maximum atomic E-state index is 5.99. The molecule has 2 atom stereocenters. The van der Waals surface area contributed by atoms with E-state index in [0.29, 0.717) is 6.61 Å². The van der Waals surface area contributed by atoms with Crippen molar-refractivity contribution < 1.29 is 9.47 Å². The fourth-order valence-electron chi connectivity index (χ4n) is 1.85. The van der Waals surface area contributed by atoms with Crippen LogP contribution in [0.5, 0.6) is 11.5 Å². The summed E-state index contributed by atoms with van der Waals surface area (Å²) < 4.78 is 12.8. The lowest BCUT2D eigenvalue weighted by molar-refractivity contribution is 0.0909. The predicted octanol–water partition coefficient (Wildman–Crippen LogP) is 4.79. The van der Waals surface area contributed by atoms with Crippen molar-refractivity contribution in [2.75, 3.05) is 6.61 Å². The quantitative estimate of drug-likeness (QED) is 0.687. The van der Waals surface area contributed by atoms with Crippen molar-refractivity contribution in [3.8, 4) is 11.5 Å². The third kappa shape index (κ3) is 2.31. The highest BCUT2D eigenvalue weighted by atomic mass is 79.9. The van der Waals surface area contributed by atoms with E-state index >= 15 is 0 Å². The molecule has 0 bridgehead atoms. The molecule has 2 unspecified atom stereocenters. The molecule has 3 rings (SSSR count). The first-order valence-electron chi connectivity index (χ1n) is 5.51. The molecule has 0 fully saturated rings. The van der Waals surface area contributed by atoms with Gasteiger partial charge in [-0.05, 0) is 39.5 Å². The number of benzene rings is 1. The Morgan fingerprint density at radius 2 is 2.00 bits per heavy atom. The Bertz CT molecular complexity index is 555. The van der Waals surface area contributed by atoms with Gasteiger partial charge in [-0.15, -0.1) is 11.3 Å². The molecule has 18 heavy (non-hydrogen) atoms. The van der Waals surface area contributed by atoms with Crippen LogP contribution in [0.1, 0.15) is 9.70 Å². The first kappa shape index (κ1) is 12.5. The van der Waals surface area contributed by atoms with Gasteiger partial charge in [-0.25, -0.2) is 0 Å². The minimum Gasteiger partial charge on any atom is -0.486 e. The lowest BCUT2D eigenvalue weighted by Gasteiger charge is -2.29. The smallest absolute Gasteiger partial charge is 0.161 e. The largest absolute Gasteiger partial charge is 0.486 e. The number of halogens is 2. The maximum Gasteiger partial charge on any atom is 0.161 e. The lowest BCUT2D eigenvalue weighted by atomic mass is 10.2. The van der Waals surface area contributed by atoms with Gasteiger partial charge in [-0.2, -0.15) is 0 Å². The molecule has 0 aliphatic carbocycles. The highest BCUT2D eigenvalue weighted by Crippen LogP contribution is 2.41. The lowest BCUT2D eigenvalue weighted by Crippen LogP contribution is -2.32. The van der Waals surface area contributed by atoms with Gasteiger partial charge in [-0.3, -0.25) is 0 Å².